The van der Waals surface area contributed by atoms with Gasteiger partial charge in [-0.25, -0.2) is 15.8 Å². The van der Waals surface area contributed by atoms with E-state index in [4.69, 9.17) is 5.84 Å². The molecule has 1 aliphatic carbocycles. The number of nitrogens with zero attached hydrogens (tertiary/aromatic N) is 4. The lowest BCUT2D eigenvalue weighted by molar-refractivity contribution is 0.508. The van der Waals surface area contributed by atoms with Gasteiger partial charge in [0.05, 0.1) is 5.39 Å². The molecule has 7 heteroatoms. The van der Waals surface area contributed by atoms with E-state index in [-0.39, 0.29) is 0 Å². The van der Waals surface area contributed by atoms with Crippen molar-refractivity contribution in [3.8, 4) is 0 Å². The molecule has 0 amide bonds. The van der Waals surface area contributed by atoms with E-state index in [2.05, 4.69) is 27.4 Å². The van der Waals surface area contributed by atoms with Gasteiger partial charge in [-0.1, -0.05) is 6.92 Å². The molecule has 4 rings (SSSR count). The fourth-order valence-electron chi connectivity index (χ4n) is 2.86. The van der Waals surface area contributed by atoms with Crippen LogP contribution in [0.15, 0.2) is 6.33 Å². The Kier molecular flexibility index (Phi) is 2.27. The minimum atomic E-state index is 0.534. The summed E-state index contributed by atoms with van der Waals surface area (Å²) in [6.45, 7) is 2.30. The van der Waals surface area contributed by atoms with Gasteiger partial charge in [0.1, 0.15) is 11.2 Å². The molecule has 0 aromatic carbocycles. The molecule has 0 bridgehead atoms. The van der Waals surface area contributed by atoms with E-state index in [0.717, 1.165) is 34.6 Å². The van der Waals surface area contributed by atoms with Gasteiger partial charge in [-0.05, 0) is 30.7 Å². The molecule has 3 N–H and O–H groups in total. The smallest absolute Gasteiger partial charge is 0.241 e. The van der Waals surface area contributed by atoms with Crippen LogP contribution in [0.3, 0.4) is 0 Å². The minimum absolute atomic E-state index is 0.534. The van der Waals surface area contributed by atoms with Gasteiger partial charge in [0, 0.05) is 4.88 Å². The van der Waals surface area contributed by atoms with Crippen molar-refractivity contribution in [2.45, 2.75) is 26.2 Å². The maximum atomic E-state index is 5.51. The van der Waals surface area contributed by atoms with Crippen molar-refractivity contribution >= 4 is 33.1 Å². The standard InChI is InChI=1S/C12H14N6S/c1-6-2-3-8-7(4-6)9-10-14-5-15-18(10)12(17-13)16-11(9)19-8/h5-6H,2-4,13H2,1H3,(H,16,17). The largest absolute Gasteiger partial charge is 0.292 e. The Morgan fingerprint density at radius 2 is 2.42 bits per heavy atom. The van der Waals surface area contributed by atoms with Crippen molar-refractivity contribution in [2.24, 2.45) is 11.8 Å². The Hall–Kier alpha value is -1.73. The third-order valence-corrected chi connectivity index (χ3v) is 4.98. The van der Waals surface area contributed by atoms with Gasteiger partial charge in [-0.15, -0.1) is 11.3 Å². The number of nitrogens with two attached hydrogens (primary N) is 1. The Balaban J connectivity index is 2.12. The molecular formula is C12H14N6S. The monoisotopic (exact) mass is 274 g/mol. The van der Waals surface area contributed by atoms with E-state index in [1.807, 2.05) is 0 Å². The zero-order valence-electron chi connectivity index (χ0n) is 10.6. The lowest BCUT2D eigenvalue weighted by Crippen LogP contribution is -2.13. The summed E-state index contributed by atoms with van der Waals surface area (Å²) in [6, 6.07) is 0. The number of nitrogen functional groups attached to an aromatic ring is 1. The van der Waals surface area contributed by atoms with Gasteiger partial charge in [0.15, 0.2) is 5.65 Å². The number of fused-ring (bicyclic) bond motifs is 5. The molecule has 3 aromatic heterocycles. The second kappa shape index (κ2) is 3.88. The van der Waals surface area contributed by atoms with Crippen LogP contribution in [-0.4, -0.2) is 19.6 Å². The molecule has 0 saturated heterocycles. The third kappa shape index (κ3) is 1.48. The van der Waals surface area contributed by atoms with Crippen LogP contribution in [0.4, 0.5) is 5.95 Å². The van der Waals surface area contributed by atoms with E-state index in [9.17, 15) is 0 Å². The first-order valence-corrected chi connectivity index (χ1v) is 7.20. The second-order valence-corrected chi connectivity index (χ2v) is 6.19. The number of hydrogen-bond acceptors (Lipinski definition) is 6. The number of hydrazine groups is 1. The van der Waals surface area contributed by atoms with Gasteiger partial charge in [-0.3, -0.25) is 5.43 Å². The lowest BCUT2D eigenvalue weighted by Gasteiger charge is -2.17. The predicted molar refractivity (Wildman–Crippen MR) is 75.2 cm³/mol. The molecule has 0 radical (unpaired) electrons. The Bertz CT molecular complexity index is 773. The van der Waals surface area contributed by atoms with Gasteiger partial charge in [-0.2, -0.15) is 9.61 Å². The van der Waals surface area contributed by atoms with E-state index in [0.29, 0.717) is 5.95 Å². The summed E-state index contributed by atoms with van der Waals surface area (Å²) in [6.07, 6.45) is 5.05. The maximum Gasteiger partial charge on any atom is 0.241 e. The molecule has 98 valence electrons. The average molecular weight is 274 g/mol. The molecule has 6 nitrogen and oxygen atoms in total. The van der Waals surface area contributed by atoms with Crippen LogP contribution in [0.2, 0.25) is 0 Å². The summed E-state index contributed by atoms with van der Waals surface area (Å²) < 4.78 is 1.68. The summed E-state index contributed by atoms with van der Waals surface area (Å²) in [4.78, 5) is 11.4. The SMILES string of the molecule is CC1CCc2sc3nc(NN)n4ncnc4c3c2C1. The van der Waals surface area contributed by atoms with Crippen LogP contribution in [0.1, 0.15) is 23.8 Å². The van der Waals surface area contributed by atoms with E-state index < -0.39 is 0 Å². The first-order chi connectivity index (χ1) is 9.28. The third-order valence-electron chi connectivity index (χ3n) is 3.80. The molecule has 1 atom stereocenters. The minimum Gasteiger partial charge on any atom is -0.292 e. The van der Waals surface area contributed by atoms with Crippen molar-refractivity contribution in [3.63, 3.8) is 0 Å². The molecule has 3 aromatic rings. The number of aryl methyl sites for hydroxylation is 1. The molecular weight excluding hydrogens is 260 g/mol. The van der Waals surface area contributed by atoms with Crippen LogP contribution in [0.5, 0.6) is 0 Å². The number of nitrogens with one attached hydrogen (secondary N) is 1. The Morgan fingerprint density at radius 1 is 1.53 bits per heavy atom. The molecule has 0 spiro atoms. The van der Waals surface area contributed by atoms with Crippen LogP contribution < -0.4 is 11.3 Å². The highest BCUT2D eigenvalue weighted by molar-refractivity contribution is 7.19. The lowest BCUT2D eigenvalue weighted by atomic mass is 9.89. The Morgan fingerprint density at radius 3 is 3.26 bits per heavy atom. The Labute approximate surface area is 113 Å². The van der Waals surface area contributed by atoms with Crippen molar-refractivity contribution < 1.29 is 0 Å². The van der Waals surface area contributed by atoms with Gasteiger partial charge in [0.2, 0.25) is 5.95 Å². The molecule has 3 heterocycles. The highest BCUT2D eigenvalue weighted by Gasteiger charge is 2.24. The van der Waals surface area contributed by atoms with Crippen molar-refractivity contribution in [1.29, 1.82) is 0 Å². The van der Waals surface area contributed by atoms with Crippen LogP contribution >= 0.6 is 11.3 Å². The number of aromatic nitrogens is 4. The second-order valence-electron chi connectivity index (χ2n) is 5.11. The first kappa shape index (κ1) is 11.1. The highest BCUT2D eigenvalue weighted by atomic mass is 32.1. The predicted octanol–water partition coefficient (Wildman–Crippen LogP) is 1.75. The number of hydrogen-bond donors (Lipinski definition) is 2. The summed E-state index contributed by atoms with van der Waals surface area (Å²) in [5.74, 6) is 6.77. The fourth-order valence-corrected chi connectivity index (χ4v) is 4.07. The molecule has 1 unspecified atom stereocenters. The number of anilines is 1. The fraction of sp³-hybridized carbons (Fsp3) is 0.417. The van der Waals surface area contributed by atoms with E-state index in [1.54, 1.807) is 22.2 Å². The molecule has 0 fully saturated rings. The maximum absolute atomic E-state index is 5.51. The highest BCUT2D eigenvalue weighted by Crippen LogP contribution is 2.39. The molecule has 0 aliphatic heterocycles. The number of rotatable bonds is 1. The van der Waals surface area contributed by atoms with E-state index in [1.165, 1.54) is 16.9 Å². The molecule has 1 aliphatic rings. The summed E-state index contributed by atoms with van der Waals surface area (Å²) in [7, 11) is 0. The topological polar surface area (TPSA) is 81.1 Å². The summed E-state index contributed by atoms with van der Waals surface area (Å²) >= 11 is 1.76. The first-order valence-electron chi connectivity index (χ1n) is 6.38. The molecule has 0 saturated carbocycles. The van der Waals surface area contributed by atoms with Crippen LogP contribution in [0.25, 0.3) is 15.9 Å². The molecule has 19 heavy (non-hydrogen) atoms. The van der Waals surface area contributed by atoms with Crippen LogP contribution in [-0.2, 0) is 12.8 Å². The van der Waals surface area contributed by atoms with Crippen LogP contribution in [0, 0.1) is 5.92 Å². The van der Waals surface area contributed by atoms with Crippen molar-refractivity contribution in [1.82, 2.24) is 19.6 Å². The summed E-state index contributed by atoms with van der Waals surface area (Å²) in [5.41, 5.74) is 4.85. The van der Waals surface area contributed by atoms with E-state index >= 15 is 0 Å². The van der Waals surface area contributed by atoms with Gasteiger partial charge in [0.25, 0.3) is 0 Å². The van der Waals surface area contributed by atoms with Gasteiger partial charge >= 0.3 is 0 Å². The zero-order valence-corrected chi connectivity index (χ0v) is 11.4. The summed E-state index contributed by atoms with van der Waals surface area (Å²) in [5, 5.41) is 5.35. The van der Waals surface area contributed by atoms with Crippen molar-refractivity contribution in [2.75, 3.05) is 5.43 Å². The average Bonchev–Trinajstić information content (AvgIpc) is 3.00. The number of thiophene rings is 1. The zero-order chi connectivity index (χ0) is 13.0. The van der Waals surface area contributed by atoms with Crippen molar-refractivity contribution in [3.05, 3.63) is 16.8 Å². The quantitative estimate of drug-likeness (QED) is 0.522. The normalized spacial score (nSPS) is 18.9. The van der Waals surface area contributed by atoms with Gasteiger partial charge < -0.3 is 0 Å².